The van der Waals surface area contributed by atoms with Crippen LogP contribution in [0, 0.1) is 19.7 Å². The predicted molar refractivity (Wildman–Crippen MR) is 87.9 cm³/mol. The van der Waals surface area contributed by atoms with E-state index in [1.807, 2.05) is 13.8 Å². The number of rotatable bonds is 4. The largest absolute Gasteiger partial charge is 0.464 e. The van der Waals surface area contributed by atoms with Crippen molar-refractivity contribution in [2.75, 3.05) is 14.2 Å². The Morgan fingerprint density at radius 1 is 1.04 bits per heavy atom. The number of methoxy groups -OCH3 is 2. The lowest BCUT2D eigenvalue weighted by Gasteiger charge is -2.01. The third-order valence-electron chi connectivity index (χ3n) is 3.33. The van der Waals surface area contributed by atoms with E-state index in [2.05, 4.69) is 19.7 Å². The van der Waals surface area contributed by atoms with Gasteiger partial charge in [0.25, 0.3) is 0 Å². The van der Waals surface area contributed by atoms with Crippen molar-refractivity contribution in [3.63, 3.8) is 0 Å². The highest BCUT2D eigenvalue weighted by Crippen LogP contribution is 2.12. The maximum Gasteiger partial charge on any atom is 0.359 e. The lowest BCUT2D eigenvalue weighted by atomic mass is 10.3. The van der Waals surface area contributed by atoms with Crippen LogP contribution < -0.4 is 0 Å². The maximum absolute atomic E-state index is 13.3. The topological polar surface area (TPSA) is 88.2 Å². The smallest absolute Gasteiger partial charge is 0.359 e. The molecule has 0 bridgehead atoms. The second-order valence-corrected chi connectivity index (χ2v) is 5.03. The van der Waals surface area contributed by atoms with Crippen molar-refractivity contribution in [3.05, 3.63) is 34.7 Å². The molecule has 0 saturated heterocycles. The number of ether oxygens (including phenoxy) is 2. The van der Waals surface area contributed by atoms with E-state index in [4.69, 9.17) is 0 Å². The molecule has 0 atom stereocenters. The molecule has 2 aromatic rings. The molecule has 0 N–H and O–H groups in total. The minimum absolute atomic E-state index is 0.109. The molecule has 0 aliphatic heterocycles. The highest BCUT2D eigenvalue weighted by Gasteiger charge is 2.21. The van der Waals surface area contributed by atoms with E-state index in [0.717, 1.165) is 5.69 Å². The number of halogens is 1. The molecule has 8 nitrogen and oxygen atoms in total. The maximum atomic E-state index is 13.3. The standard InChI is InChI=1S/C8H11FN2O2.C8H12N2O2/c1-4-11-7(8(12)13-3)6(9)5(2)10-11;1-4-10-7(8(11)12-3)5-6(2)9-10/h4H2,1-3H3;5H,4H2,1-3H3. The van der Waals surface area contributed by atoms with Gasteiger partial charge in [0.1, 0.15) is 5.69 Å². The summed E-state index contributed by atoms with van der Waals surface area (Å²) in [6.45, 7) is 8.18. The number of hydrogen-bond acceptors (Lipinski definition) is 6. The molecule has 2 heterocycles. The number of esters is 2. The minimum Gasteiger partial charge on any atom is -0.464 e. The van der Waals surface area contributed by atoms with E-state index >= 15 is 0 Å². The zero-order valence-corrected chi connectivity index (χ0v) is 15.3. The minimum atomic E-state index is -0.694. The zero-order chi connectivity index (χ0) is 19.1. The number of aromatic nitrogens is 4. The molecule has 0 aliphatic rings. The Labute approximate surface area is 145 Å². The summed E-state index contributed by atoms with van der Waals surface area (Å²) in [4.78, 5) is 22.2. The molecule has 25 heavy (non-hydrogen) atoms. The monoisotopic (exact) mass is 354 g/mol. The van der Waals surface area contributed by atoms with Crippen molar-refractivity contribution >= 4 is 11.9 Å². The third-order valence-corrected chi connectivity index (χ3v) is 3.33. The fourth-order valence-electron chi connectivity index (χ4n) is 2.14. The summed E-state index contributed by atoms with van der Waals surface area (Å²) in [5, 5.41) is 7.95. The Morgan fingerprint density at radius 3 is 2.08 bits per heavy atom. The summed E-state index contributed by atoms with van der Waals surface area (Å²) < 4.78 is 25.2. The summed E-state index contributed by atoms with van der Waals surface area (Å²) in [6, 6.07) is 1.72. The first kappa shape index (κ1) is 20.3. The molecule has 138 valence electrons. The van der Waals surface area contributed by atoms with E-state index in [1.165, 1.54) is 25.8 Å². The average molecular weight is 354 g/mol. The van der Waals surface area contributed by atoms with Gasteiger partial charge in [0, 0.05) is 13.1 Å². The first-order valence-electron chi connectivity index (χ1n) is 7.74. The number of aryl methyl sites for hydroxylation is 4. The van der Waals surface area contributed by atoms with Crippen LogP contribution in [0.1, 0.15) is 46.2 Å². The normalized spacial score (nSPS) is 10.0. The molecule has 0 amide bonds. The summed E-state index contributed by atoms with van der Waals surface area (Å²) >= 11 is 0. The second kappa shape index (κ2) is 8.95. The van der Waals surface area contributed by atoms with Crippen LogP contribution in [0.25, 0.3) is 0 Å². The van der Waals surface area contributed by atoms with Gasteiger partial charge >= 0.3 is 11.9 Å². The number of nitrogens with zero attached hydrogens (tertiary/aromatic N) is 4. The van der Waals surface area contributed by atoms with Gasteiger partial charge in [0.15, 0.2) is 11.5 Å². The Hall–Kier alpha value is -2.71. The first-order chi connectivity index (χ1) is 11.8. The fraction of sp³-hybridized carbons (Fsp3) is 0.500. The van der Waals surface area contributed by atoms with Crippen LogP contribution in [0.2, 0.25) is 0 Å². The molecule has 9 heteroatoms. The quantitative estimate of drug-likeness (QED) is 0.782. The van der Waals surface area contributed by atoms with Gasteiger partial charge < -0.3 is 9.47 Å². The zero-order valence-electron chi connectivity index (χ0n) is 15.3. The van der Waals surface area contributed by atoms with Crippen LogP contribution in [0.15, 0.2) is 6.07 Å². The van der Waals surface area contributed by atoms with Crippen LogP contribution >= 0.6 is 0 Å². The Morgan fingerprint density at radius 2 is 1.60 bits per heavy atom. The average Bonchev–Trinajstić information content (AvgIpc) is 3.13. The summed E-state index contributed by atoms with van der Waals surface area (Å²) in [7, 11) is 2.58. The highest BCUT2D eigenvalue weighted by atomic mass is 19.1. The van der Waals surface area contributed by atoms with E-state index in [-0.39, 0.29) is 17.4 Å². The van der Waals surface area contributed by atoms with Crippen LogP contribution in [0.5, 0.6) is 0 Å². The van der Waals surface area contributed by atoms with Crippen LogP contribution in [0.4, 0.5) is 4.39 Å². The fourth-order valence-corrected chi connectivity index (χ4v) is 2.14. The van der Waals surface area contributed by atoms with Gasteiger partial charge in [-0.25, -0.2) is 14.0 Å². The molecule has 0 fully saturated rings. The number of carbonyl (C=O) groups excluding carboxylic acids is 2. The molecule has 0 aliphatic carbocycles. The summed E-state index contributed by atoms with van der Waals surface area (Å²) in [5.41, 5.74) is 1.44. The van der Waals surface area contributed by atoms with Crippen LogP contribution in [0.3, 0.4) is 0 Å². The molecule has 0 saturated carbocycles. The van der Waals surface area contributed by atoms with Crippen molar-refractivity contribution in [2.45, 2.75) is 40.8 Å². The van der Waals surface area contributed by atoms with Crippen molar-refractivity contribution in [1.82, 2.24) is 19.6 Å². The number of carbonyl (C=O) groups is 2. The van der Waals surface area contributed by atoms with Gasteiger partial charge in [0.2, 0.25) is 0 Å². The molecule has 0 radical (unpaired) electrons. The van der Waals surface area contributed by atoms with Gasteiger partial charge in [-0.1, -0.05) is 0 Å². The van der Waals surface area contributed by atoms with Gasteiger partial charge in [-0.2, -0.15) is 10.2 Å². The van der Waals surface area contributed by atoms with Gasteiger partial charge in [-0.05, 0) is 33.8 Å². The van der Waals surface area contributed by atoms with Crippen LogP contribution in [-0.4, -0.2) is 45.7 Å². The van der Waals surface area contributed by atoms with Crippen molar-refractivity contribution in [2.24, 2.45) is 0 Å². The molecule has 0 spiro atoms. The molecule has 0 aromatic carbocycles. The van der Waals surface area contributed by atoms with Crippen molar-refractivity contribution in [1.29, 1.82) is 0 Å². The lowest BCUT2D eigenvalue weighted by molar-refractivity contribution is 0.0574. The molecular weight excluding hydrogens is 331 g/mol. The van der Waals surface area contributed by atoms with E-state index in [9.17, 15) is 14.0 Å². The van der Waals surface area contributed by atoms with Gasteiger partial charge in [0.05, 0.1) is 25.6 Å². The lowest BCUT2D eigenvalue weighted by Crippen LogP contribution is -2.12. The Balaban J connectivity index is 0.000000251. The molecule has 2 aromatic heterocycles. The number of hydrogen-bond donors (Lipinski definition) is 0. The van der Waals surface area contributed by atoms with Crippen LogP contribution in [-0.2, 0) is 22.6 Å². The molecule has 0 unspecified atom stereocenters. The SMILES string of the molecule is CCn1nc(C)c(F)c1C(=O)OC.CCn1nc(C)cc1C(=O)OC. The van der Waals surface area contributed by atoms with E-state index < -0.39 is 11.8 Å². The van der Waals surface area contributed by atoms with E-state index in [1.54, 1.807) is 17.7 Å². The summed E-state index contributed by atoms with van der Waals surface area (Å²) in [6.07, 6.45) is 0. The first-order valence-corrected chi connectivity index (χ1v) is 7.74. The summed E-state index contributed by atoms with van der Waals surface area (Å²) in [5.74, 6) is -1.63. The van der Waals surface area contributed by atoms with Crippen molar-refractivity contribution < 1.29 is 23.5 Å². The van der Waals surface area contributed by atoms with Gasteiger partial charge in [-0.3, -0.25) is 9.36 Å². The molecular formula is C16H23FN4O4. The van der Waals surface area contributed by atoms with E-state index in [0.29, 0.717) is 18.8 Å². The Bertz CT molecular complexity index is 752. The predicted octanol–water partition coefficient (Wildman–Crippen LogP) is 2.14. The highest BCUT2D eigenvalue weighted by molar-refractivity contribution is 5.88. The molecule has 2 rings (SSSR count). The Kier molecular flexibility index (Phi) is 7.28. The second-order valence-electron chi connectivity index (χ2n) is 5.03. The third kappa shape index (κ3) is 4.65. The van der Waals surface area contributed by atoms with Gasteiger partial charge in [-0.15, -0.1) is 0 Å². The van der Waals surface area contributed by atoms with Crippen molar-refractivity contribution in [3.8, 4) is 0 Å².